The van der Waals surface area contributed by atoms with Crippen molar-refractivity contribution in [3.05, 3.63) is 66.0 Å². The fourth-order valence-corrected chi connectivity index (χ4v) is 3.37. The molecule has 0 aliphatic heterocycles. The smallest absolute Gasteiger partial charge is 0.237 e. The zero-order valence-electron chi connectivity index (χ0n) is 14.4. The number of amides is 1. The number of aryl methyl sites for hydroxylation is 2. The third-order valence-electron chi connectivity index (χ3n) is 3.86. The zero-order chi connectivity index (χ0) is 17.8. The van der Waals surface area contributed by atoms with Gasteiger partial charge in [0.05, 0.1) is 5.25 Å². The van der Waals surface area contributed by atoms with Gasteiger partial charge in [-0.3, -0.25) is 9.36 Å². The first-order chi connectivity index (χ1) is 12.1. The predicted octanol–water partition coefficient (Wildman–Crippen LogP) is 4.00. The van der Waals surface area contributed by atoms with Crippen molar-refractivity contribution in [2.24, 2.45) is 0 Å². The highest BCUT2D eigenvalue weighted by atomic mass is 32.2. The lowest BCUT2D eigenvalue weighted by Gasteiger charge is -2.14. The van der Waals surface area contributed by atoms with E-state index >= 15 is 0 Å². The van der Waals surface area contributed by atoms with Crippen molar-refractivity contribution >= 4 is 23.4 Å². The lowest BCUT2D eigenvalue weighted by Crippen LogP contribution is -2.23. The molecule has 1 amide bonds. The van der Waals surface area contributed by atoms with Crippen LogP contribution in [0.25, 0.3) is 5.69 Å². The van der Waals surface area contributed by atoms with Gasteiger partial charge in [0.1, 0.15) is 5.82 Å². The van der Waals surface area contributed by atoms with Gasteiger partial charge in [-0.2, -0.15) is 0 Å². The van der Waals surface area contributed by atoms with Gasteiger partial charge in [-0.15, -0.1) is 10.2 Å². The summed E-state index contributed by atoms with van der Waals surface area (Å²) in [7, 11) is 0. The number of carbonyl (C=O) groups is 1. The summed E-state index contributed by atoms with van der Waals surface area (Å²) in [6.07, 6.45) is 0. The molecule has 0 aliphatic carbocycles. The summed E-state index contributed by atoms with van der Waals surface area (Å²) in [5.74, 6) is 0.736. The molecule has 3 rings (SSSR count). The third kappa shape index (κ3) is 3.91. The fraction of sp³-hybridized carbons (Fsp3) is 0.211. The number of carbonyl (C=O) groups excluding carboxylic acids is 1. The second kappa shape index (κ2) is 7.53. The molecule has 5 nitrogen and oxygen atoms in total. The molecular formula is C19H20N4OS. The van der Waals surface area contributed by atoms with E-state index in [2.05, 4.69) is 15.5 Å². The number of hydrogen-bond acceptors (Lipinski definition) is 4. The zero-order valence-corrected chi connectivity index (χ0v) is 15.2. The van der Waals surface area contributed by atoms with Crippen LogP contribution in [0.2, 0.25) is 0 Å². The molecule has 2 aromatic carbocycles. The molecule has 128 valence electrons. The van der Waals surface area contributed by atoms with Gasteiger partial charge in [0, 0.05) is 11.4 Å². The summed E-state index contributed by atoms with van der Waals surface area (Å²) in [5.41, 5.74) is 2.86. The van der Waals surface area contributed by atoms with Crippen molar-refractivity contribution in [2.75, 3.05) is 5.32 Å². The Hall–Kier alpha value is -2.60. The minimum Gasteiger partial charge on any atom is -0.325 e. The van der Waals surface area contributed by atoms with Crippen LogP contribution in [0.1, 0.15) is 18.3 Å². The molecule has 0 radical (unpaired) electrons. The Kier molecular flexibility index (Phi) is 5.19. The van der Waals surface area contributed by atoms with Crippen LogP contribution in [0.15, 0.2) is 59.8 Å². The van der Waals surface area contributed by atoms with Crippen molar-refractivity contribution in [1.82, 2.24) is 14.8 Å². The van der Waals surface area contributed by atoms with E-state index in [9.17, 15) is 4.79 Å². The molecule has 6 heteroatoms. The molecule has 1 aromatic heterocycles. The summed E-state index contributed by atoms with van der Waals surface area (Å²) in [6, 6.07) is 17.6. The van der Waals surface area contributed by atoms with Crippen LogP contribution in [-0.2, 0) is 4.79 Å². The normalized spacial score (nSPS) is 12.0. The highest BCUT2D eigenvalue weighted by Crippen LogP contribution is 2.26. The van der Waals surface area contributed by atoms with E-state index in [1.54, 1.807) is 0 Å². The molecular weight excluding hydrogens is 332 g/mol. The minimum atomic E-state index is -0.300. The Morgan fingerprint density at radius 2 is 1.72 bits per heavy atom. The second-order valence-electron chi connectivity index (χ2n) is 5.76. The molecule has 1 N–H and O–H groups in total. The molecule has 3 aromatic rings. The highest BCUT2D eigenvalue weighted by Gasteiger charge is 2.20. The van der Waals surface area contributed by atoms with Crippen LogP contribution in [0, 0.1) is 13.8 Å². The molecule has 1 unspecified atom stereocenters. The number of aromatic nitrogens is 3. The van der Waals surface area contributed by atoms with Gasteiger partial charge in [-0.05, 0) is 44.5 Å². The molecule has 1 heterocycles. The average molecular weight is 352 g/mol. The number of nitrogens with one attached hydrogen (secondary N) is 1. The minimum absolute atomic E-state index is 0.0560. The van der Waals surface area contributed by atoms with Crippen molar-refractivity contribution in [2.45, 2.75) is 31.2 Å². The molecule has 25 heavy (non-hydrogen) atoms. The molecule has 0 spiro atoms. The first-order valence-electron chi connectivity index (χ1n) is 8.07. The Balaban J connectivity index is 1.77. The topological polar surface area (TPSA) is 59.8 Å². The van der Waals surface area contributed by atoms with Gasteiger partial charge in [0.25, 0.3) is 0 Å². The van der Waals surface area contributed by atoms with Crippen LogP contribution < -0.4 is 5.32 Å². The van der Waals surface area contributed by atoms with Gasteiger partial charge < -0.3 is 5.32 Å². The van der Waals surface area contributed by atoms with Gasteiger partial charge in [-0.1, -0.05) is 48.2 Å². The van der Waals surface area contributed by atoms with E-state index in [0.717, 1.165) is 22.8 Å². The summed E-state index contributed by atoms with van der Waals surface area (Å²) in [6.45, 7) is 5.75. The lowest BCUT2D eigenvalue weighted by molar-refractivity contribution is -0.115. The summed E-state index contributed by atoms with van der Waals surface area (Å²) in [4.78, 5) is 12.5. The first kappa shape index (κ1) is 17.2. The molecule has 0 fully saturated rings. The Bertz CT molecular complexity index is 876. The molecule has 1 atom stereocenters. The van der Waals surface area contributed by atoms with Crippen molar-refractivity contribution < 1.29 is 4.79 Å². The SMILES string of the molecule is Cc1ccccc1NC(=O)C(C)Sc1nnc(C)n1-c1ccccc1. The van der Waals surface area contributed by atoms with Crippen LogP contribution in [0.5, 0.6) is 0 Å². The van der Waals surface area contributed by atoms with E-state index in [4.69, 9.17) is 0 Å². The summed E-state index contributed by atoms with van der Waals surface area (Å²) < 4.78 is 1.96. The Morgan fingerprint density at radius 1 is 1.04 bits per heavy atom. The number of benzene rings is 2. The van der Waals surface area contributed by atoms with Gasteiger partial charge in [0.15, 0.2) is 5.16 Å². The predicted molar refractivity (Wildman–Crippen MR) is 101 cm³/mol. The number of hydrogen-bond donors (Lipinski definition) is 1. The highest BCUT2D eigenvalue weighted by molar-refractivity contribution is 8.00. The Morgan fingerprint density at radius 3 is 2.44 bits per heavy atom. The van der Waals surface area contributed by atoms with Crippen LogP contribution in [0.4, 0.5) is 5.69 Å². The largest absolute Gasteiger partial charge is 0.325 e. The molecule has 0 bridgehead atoms. The second-order valence-corrected chi connectivity index (χ2v) is 7.07. The van der Waals surface area contributed by atoms with Crippen molar-refractivity contribution in [3.63, 3.8) is 0 Å². The van der Waals surface area contributed by atoms with Crippen molar-refractivity contribution in [3.8, 4) is 5.69 Å². The van der Waals surface area contributed by atoms with Crippen LogP contribution >= 0.6 is 11.8 Å². The number of nitrogens with zero attached hydrogens (tertiary/aromatic N) is 3. The summed E-state index contributed by atoms with van der Waals surface area (Å²) in [5, 5.41) is 11.8. The molecule has 0 aliphatic rings. The van der Waals surface area contributed by atoms with Gasteiger partial charge in [-0.25, -0.2) is 0 Å². The number of thioether (sulfide) groups is 1. The lowest BCUT2D eigenvalue weighted by atomic mass is 10.2. The molecule has 0 saturated carbocycles. The third-order valence-corrected chi connectivity index (χ3v) is 4.91. The monoisotopic (exact) mass is 352 g/mol. The van der Waals surface area contributed by atoms with E-state index < -0.39 is 0 Å². The van der Waals surface area contributed by atoms with Gasteiger partial charge >= 0.3 is 0 Å². The average Bonchev–Trinajstić information content (AvgIpc) is 2.98. The number of anilines is 1. The maximum Gasteiger partial charge on any atom is 0.237 e. The first-order valence-corrected chi connectivity index (χ1v) is 8.95. The summed E-state index contributed by atoms with van der Waals surface area (Å²) >= 11 is 1.40. The van der Waals surface area contributed by atoms with E-state index in [0.29, 0.717) is 5.16 Å². The van der Waals surface area contributed by atoms with Crippen LogP contribution in [0.3, 0.4) is 0 Å². The van der Waals surface area contributed by atoms with Gasteiger partial charge in [0.2, 0.25) is 5.91 Å². The standard InChI is InChI=1S/C19H20N4OS/c1-13-9-7-8-12-17(13)20-18(24)14(2)25-19-22-21-15(3)23(19)16-10-5-4-6-11-16/h4-12,14H,1-3H3,(H,20,24). The van der Waals surface area contributed by atoms with E-state index in [-0.39, 0.29) is 11.2 Å². The molecule has 0 saturated heterocycles. The maximum absolute atomic E-state index is 12.5. The van der Waals surface area contributed by atoms with Crippen LogP contribution in [-0.4, -0.2) is 25.9 Å². The number of rotatable bonds is 5. The fourth-order valence-electron chi connectivity index (χ4n) is 2.45. The van der Waals surface area contributed by atoms with E-state index in [1.807, 2.05) is 79.9 Å². The van der Waals surface area contributed by atoms with E-state index in [1.165, 1.54) is 11.8 Å². The quantitative estimate of drug-likeness (QED) is 0.705. The van der Waals surface area contributed by atoms with Crippen molar-refractivity contribution in [1.29, 1.82) is 0 Å². The Labute approximate surface area is 151 Å². The maximum atomic E-state index is 12.5. The number of para-hydroxylation sites is 2.